The number of piperidine rings is 1. The van der Waals surface area contributed by atoms with Crippen LogP contribution in [0.25, 0.3) is 0 Å². The van der Waals surface area contributed by atoms with Gasteiger partial charge >= 0.3 is 0 Å². The summed E-state index contributed by atoms with van der Waals surface area (Å²) in [6.45, 7) is 12.4. The van der Waals surface area contributed by atoms with Crippen LogP contribution in [0.5, 0.6) is 0 Å². The van der Waals surface area contributed by atoms with Crippen molar-refractivity contribution in [2.24, 2.45) is 11.3 Å². The molecule has 116 valence electrons. The van der Waals surface area contributed by atoms with Gasteiger partial charge in [-0.1, -0.05) is 13.3 Å². The number of hydrogen-bond donors (Lipinski definition) is 1. The number of hydrogen-bond acceptors (Lipinski definition) is 3. The summed E-state index contributed by atoms with van der Waals surface area (Å²) in [5.41, 5.74) is -0.150. The van der Waals surface area contributed by atoms with Crippen molar-refractivity contribution in [1.29, 1.82) is 5.26 Å². The van der Waals surface area contributed by atoms with Gasteiger partial charge in [0.25, 0.3) is 0 Å². The Morgan fingerprint density at radius 3 is 2.70 bits per heavy atom. The molecule has 1 heterocycles. The Morgan fingerprint density at radius 2 is 2.10 bits per heavy atom. The van der Waals surface area contributed by atoms with Crippen molar-refractivity contribution in [3.8, 4) is 6.07 Å². The molecule has 1 rings (SSSR count). The highest BCUT2D eigenvalue weighted by Crippen LogP contribution is 2.22. The van der Waals surface area contributed by atoms with E-state index >= 15 is 0 Å². The van der Waals surface area contributed by atoms with E-state index in [1.54, 1.807) is 0 Å². The van der Waals surface area contributed by atoms with Crippen molar-refractivity contribution in [3.05, 3.63) is 0 Å². The minimum atomic E-state index is -0.150. The summed E-state index contributed by atoms with van der Waals surface area (Å²) in [5.74, 6) is 0.839. The molecule has 1 atom stereocenters. The van der Waals surface area contributed by atoms with E-state index in [2.05, 4.69) is 23.2 Å². The van der Waals surface area contributed by atoms with E-state index in [4.69, 9.17) is 5.26 Å². The molecule has 1 unspecified atom stereocenters. The second-order valence-corrected chi connectivity index (χ2v) is 6.97. The van der Waals surface area contributed by atoms with Crippen LogP contribution >= 0.6 is 0 Å². The minimum absolute atomic E-state index is 0.150. The maximum atomic E-state index is 9.04. The molecule has 0 radical (unpaired) electrons. The quantitative estimate of drug-likeness (QED) is 0.657. The molecule has 0 saturated carbocycles. The third-order valence-corrected chi connectivity index (χ3v) is 4.28. The van der Waals surface area contributed by atoms with Crippen LogP contribution in [0, 0.1) is 22.7 Å². The average Bonchev–Trinajstić information content (AvgIpc) is 2.45. The van der Waals surface area contributed by atoms with E-state index < -0.39 is 0 Å². The van der Waals surface area contributed by atoms with Gasteiger partial charge in [-0.3, -0.25) is 0 Å². The maximum absolute atomic E-state index is 9.04. The zero-order valence-electron chi connectivity index (χ0n) is 13.7. The Morgan fingerprint density at radius 1 is 1.30 bits per heavy atom. The molecule has 0 aromatic rings. The van der Waals surface area contributed by atoms with Gasteiger partial charge < -0.3 is 10.2 Å². The standard InChI is InChI=1S/C17H33N3/c1-4-11-20(14-16-8-7-10-19-13-16)12-6-5-9-17(2,3)15-18/h16,19H,4-14H2,1-3H3. The highest BCUT2D eigenvalue weighted by molar-refractivity contribution is 4.91. The van der Waals surface area contributed by atoms with E-state index in [-0.39, 0.29) is 5.41 Å². The molecule has 1 aliphatic heterocycles. The summed E-state index contributed by atoms with van der Waals surface area (Å²) in [7, 11) is 0. The molecule has 1 aliphatic rings. The zero-order chi connectivity index (χ0) is 14.8. The molecule has 20 heavy (non-hydrogen) atoms. The molecule has 0 aromatic heterocycles. The number of nitriles is 1. The lowest BCUT2D eigenvalue weighted by Crippen LogP contribution is -2.39. The molecule has 0 spiro atoms. The number of nitrogens with zero attached hydrogens (tertiary/aromatic N) is 2. The van der Waals surface area contributed by atoms with Crippen molar-refractivity contribution in [2.45, 2.75) is 59.3 Å². The van der Waals surface area contributed by atoms with Crippen molar-refractivity contribution >= 4 is 0 Å². The summed E-state index contributed by atoms with van der Waals surface area (Å²) in [6, 6.07) is 2.40. The van der Waals surface area contributed by atoms with Crippen LogP contribution in [0.1, 0.15) is 59.3 Å². The van der Waals surface area contributed by atoms with Crippen molar-refractivity contribution in [3.63, 3.8) is 0 Å². The Labute approximate surface area is 125 Å². The van der Waals surface area contributed by atoms with Gasteiger partial charge in [0.2, 0.25) is 0 Å². The van der Waals surface area contributed by atoms with Crippen LogP contribution in [-0.2, 0) is 0 Å². The molecule has 0 aliphatic carbocycles. The Bertz CT molecular complexity index is 287. The van der Waals surface area contributed by atoms with Gasteiger partial charge in [-0.15, -0.1) is 0 Å². The van der Waals surface area contributed by atoms with E-state index in [0.717, 1.165) is 12.3 Å². The first-order valence-corrected chi connectivity index (χ1v) is 8.41. The van der Waals surface area contributed by atoms with Crippen LogP contribution in [0.15, 0.2) is 0 Å². The fraction of sp³-hybridized carbons (Fsp3) is 0.941. The molecule has 0 amide bonds. The smallest absolute Gasteiger partial charge is 0.0683 e. The van der Waals surface area contributed by atoms with Crippen LogP contribution in [0.3, 0.4) is 0 Å². The van der Waals surface area contributed by atoms with Crippen LogP contribution in [0.2, 0.25) is 0 Å². The minimum Gasteiger partial charge on any atom is -0.316 e. The summed E-state index contributed by atoms with van der Waals surface area (Å²) in [4.78, 5) is 2.64. The Kier molecular flexibility index (Phi) is 8.18. The van der Waals surface area contributed by atoms with Gasteiger partial charge in [0.05, 0.1) is 11.5 Å². The van der Waals surface area contributed by atoms with Crippen molar-refractivity contribution in [1.82, 2.24) is 10.2 Å². The molecule has 3 nitrogen and oxygen atoms in total. The summed E-state index contributed by atoms with van der Waals surface area (Å²) in [5, 5.41) is 12.6. The first-order valence-electron chi connectivity index (χ1n) is 8.41. The fourth-order valence-corrected chi connectivity index (χ4v) is 3.01. The lowest BCUT2D eigenvalue weighted by Gasteiger charge is -2.30. The first kappa shape index (κ1) is 17.5. The van der Waals surface area contributed by atoms with Gasteiger partial charge in [0.1, 0.15) is 0 Å². The number of unbranched alkanes of at least 4 members (excludes halogenated alkanes) is 1. The van der Waals surface area contributed by atoms with Crippen LogP contribution in [-0.4, -0.2) is 37.6 Å². The molecule has 0 aromatic carbocycles. The SMILES string of the molecule is CCCN(CCCCC(C)(C)C#N)CC1CCCNC1. The van der Waals surface area contributed by atoms with Crippen molar-refractivity contribution in [2.75, 3.05) is 32.7 Å². The van der Waals surface area contributed by atoms with E-state index in [0.29, 0.717) is 0 Å². The molecular weight excluding hydrogens is 246 g/mol. The van der Waals surface area contributed by atoms with Crippen LogP contribution < -0.4 is 5.32 Å². The average molecular weight is 279 g/mol. The van der Waals surface area contributed by atoms with Gasteiger partial charge in [0.15, 0.2) is 0 Å². The van der Waals surface area contributed by atoms with Gasteiger partial charge in [-0.05, 0) is 78.0 Å². The monoisotopic (exact) mass is 279 g/mol. The molecule has 3 heteroatoms. The number of nitrogens with one attached hydrogen (secondary N) is 1. The summed E-state index contributed by atoms with van der Waals surface area (Å²) in [6.07, 6.45) is 7.38. The molecular formula is C17H33N3. The number of rotatable bonds is 9. The molecule has 1 N–H and O–H groups in total. The Hall–Kier alpha value is -0.590. The molecule has 0 bridgehead atoms. The van der Waals surface area contributed by atoms with Gasteiger partial charge in [-0.2, -0.15) is 5.26 Å². The predicted molar refractivity (Wildman–Crippen MR) is 85.6 cm³/mol. The second-order valence-electron chi connectivity index (χ2n) is 6.97. The zero-order valence-corrected chi connectivity index (χ0v) is 13.7. The summed E-state index contributed by atoms with van der Waals surface area (Å²) >= 11 is 0. The molecule has 1 fully saturated rings. The van der Waals surface area contributed by atoms with E-state index in [1.165, 1.54) is 64.8 Å². The topological polar surface area (TPSA) is 39.1 Å². The van der Waals surface area contributed by atoms with Gasteiger partial charge in [-0.25, -0.2) is 0 Å². The highest BCUT2D eigenvalue weighted by Gasteiger charge is 2.18. The normalized spacial score (nSPS) is 20.1. The first-order chi connectivity index (χ1) is 9.57. The van der Waals surface area contributed by atoms with E-state index in [1.807, 2.05) is 13.8 Å². The molecule has 1 saturated heterocycles. The van der Waals surface area contributed by atoms with Gasteiger partial charge in [0, 0.05) is 6.54 Å². The Balaban J connectivity index is 2.23. The predicted octanol–water partition coefficient (Wildman–Crippen LogP) is 3.42. The summed E-state index contributed by atoms with van der Waals surface area (Å²) < 4.78 is 0. The van der Waals surface area contributed by atoms with Crippen molar-refractivity contribution < 1.29 is 0 Å². The van der Waals surface area contributed by atoms with Crippen LogP contribution in [0.4, 0.5) is 0 Å². The highest BCUT2D eigenvalue weighted by atomic mass is 15.1. The lowest BCUT2D eigenvalue weighted by atomic mass is 9.89. The maximum Gasteiger partial charge on any atom is 0.0683 e. The third kappa shape index (κ3) is 7.26. The van der Waals surface area contributed by atoms with E-state index in [9.17, 15) is 0 Å². The lowest BCUT2D eigenvalue weighted by molar-refractivity contribution is 0.203. The largest absolute Gasteiger partial charge is 0.316 e. The second kappa shape index (κ2) is 9.37. The third-order valence-electron chi connectivity index (χ3n) is 4.28. The fourth-order valence-electron chi connectivity index (χ4n) is 3.01.